The fourth-order valence-electron chi connectivity index (χ4n) is 5.18. The Kier molecular flexibility index (Phi) is 6.50. The molecule has 6 rings (SSSR count). The van der Waals surface area contributed by atoms with Crippen molar-refractivity contribution in [2.45, 2.75) is 20.3 Å². The topological polar surface area (TPSA) is 3.24 Å². The van der Waals surface area contributed by atoms with Crippen molar-refractivity contribution in [1.82, 2.24) is 0 Å². The molecule has 0 aliphatic heterocycles. The number of nitrogens with zero attached hydrogens (tertiary/aromatic N) is 1. The summed E-state index contributed by atoms with van der Waals surface area (Å²) in [5, 5.41) is 0. The molecule has 1 aliphatic carbocycles. The van der Waals surface area contributed by atoms with Gasteiger partial charge >= 0.3 is 0 Å². The molecular weight excluding hydrogens is 458 g/mol. The molecular formula is C37H31N. The fourth-order valence-corrected chi connectivity index (χ4v) is 5.18. The van der Waals surface area contributed by atoms with Crippen LogP contribution in [-0.2, 0) is 6.42 Å². The lowest BCUT2D eigenvalue weighted by Gasteiger charge is -2.26. The van der Waals surface area contributed by atoms with E-state index in [-0.39, 0.29) is 0 Å². The average Bonchev–Trinajstić information content (AvgIpc) is 3.29. The van der Waals surface area contributed by atoms with Crippen LogP contribution in [0.5, 0.6) is 0 Å². The van der Waals surface area contributed by atoms with Crippen LogP contribution in [0.15, 0.2) is 133 Å². The van der Waals surface area contributed by atoms with E-state index < -0.39 is 0 Å². The van der Waals surface area contributed by atoms with E-state index in [0.29, 0.717) is 0 Å². The predicted octanol–water partition coefficient (Wildman–Crippen LogP) is 9.95. The monoisotopic (exact) mass is 489 g/mol. The van der Waals surface area contributed by atoms with Crippen molar-refractivity contribution in [2.75, 3.05) is 4.90 Å². The normalized spacial score (nSPS) is 14.6. The Bertz CT molecular complexity index is 1560. The van der Waals surface area contributed by atoms with Gasteiger partial charge in [0.05, 0.1) is 0 Å². The maximum Gasteiger partial charge on any atom is 0.0462 e. The Morgan fingerprint density at radius 2 is 1.00 bits per heavy atom. The van der Waals surface area contributed by atoms with Crippen LogP contribution >= 0.6 is 0 Å². The second-order valence-electron chi connectivity index (χ2n) is 10.1. The third-order valence-electron chi connectivity index (χ3n) is 7.22. The first-order valence-corrected chi connectivity index (χ1v) is 13.2. The van der Waals surface area contributed by atoms with Gasteiger partial charge in [0.1, 0.15) is 0 Å². The number of hydrogen-bond donors (Lipinski definition) is 0. The molecule has 0 aromatic heterocycles. The minimum Gasteiger partial charge on any atom is -0.311 e. The quantitative estimate of drug-likeness (QED) is 0.237. The highest BCUT2D eigenvalue weighted by molar-refractivity contribution is 5.98. The molecule has 0 atom stereocenters. The fraction of sp³-hybridized carbons (Fsp3) is 0.0811. The van der Waals surface area contributed by atoms with Gasteiger partial charge in [-0.1, -0.05) is 108 Å². The lowest BCUT2D eigenvalue weighted by molar-refractivity contribution is 1.26. The molecule has 0 heterocycles. The largest absolute Gasteiger partial charge is 0.311 e. The molecule has 1 aliphatic rings. The maximum absolute atomic E-state index is 2.35. The number of anilines is 3. The zero-order valence-corrected chi connectivity index (χ0v) is 21.9. The lowest BCUT2D eigenvalue weighted by Crippen LogP contribution is -2.09. The van der Waals surface area contributed by atoms with Crippen LogP contribution in [0.2, 0.25) is 0 Å². The Morgan fingerprint density at radius 1 is 0.500 bits per heavy atom. The van der Waals surface area contributed by atoms with E-state index in [1.807, 2.05) is 0 Å². The van der Waals surface area contributed by atoms with E-state index in [4.69, 9.17) is 0 Å². The van der Waals surface area contributed by atoms with Gasteiger partial charge < -0.3 is 4.90 Å². The summed E-state index contributed by atoms with van der Waals surface area (Å²) in [6, 6.07) is 45.8. The number of rotatable bonds is 5. The second kappa shape index (κ2) is 10.4. The first kappa shape index (κ1) is 23.8. The van der Waals surface area contributed by atoms with Crippen molar-refractivity contribution in [2.24, 2.45) is 0 Å². The highest BCUT2D eigenvalue weighted by atomic mass is 15.1. The average molecular weight is 490 g/mol. The summed E-state index contributed by atoms with van der Waals surface area (Å²) in [6.07, 6.45) is 5.62. The third kappa shape index (κ3) is 4.96. The van der Waals surface area contributed by atoms with Gasteiger partial charge in [-0.05, 0) is 96.1 Å². The number of aryl methyl sites for hydroxylation is 2. The van der Waals surface area contributed by atoms with Crippen molar-refractivity contribution in [1.29, 1.82) is 0 Å². The van der Waals surface area contributed by atoms with Crippen molar-refractivity contribution in [3.05, 3.63) is 166 Å². The number of allylic oxidation sites excluding steroid dienone is 2. The van der Waals surface area contributed by atoms with Gasteiger partial charge in [-0.15, -0.1) is 0 Å². The summed E-state index contributed by atoms with van der Waals surface area (Å²) in [4.78, 5) is 2.32. The van der Waals surface area contributed by atoms with E-state index in [1.54, 1.807) is 0 Å². The van der Waals surface area contributed by atoms with Gasteiger partial charge in [0.15, 0.2) is 0 Å². The van der Waals surface area contributed by atoms with Gasteiger partial charge in [-0.25, -0.2) is 0 Å². The molecule has 5 aromatic carbocycles. The van der Waals surface area contributed by atoms with Crippen molar-refractivity contribution in [3.63, 3.8) is 0 Å². The minimum absolute atomic E-state index is 0.954. The van der Waals surface area contributed by atoms with E-state index in [2.05, 4.69) is 158 Å². The van der Waals surface area contributed by atoms with E-state index in [1.165, 1.54) is 44.5 Å². The Morgan fingerprint density at radius 3 is 1.61 bits per heavy atom. The van der Waals surface area contributed by atoms with Crippen LogP contribution in [0.3, 0.4) is 0 Å². The van der Waals surface area contributed by atoms with Gasteiger partial charge in [-0.3, -0.25) is 0 Å². The third-order valence-corrected chi connectivity index (χ3v) is 7.22. The zero-order valence-electron chi connectivity index (χ0n) is 21.9. The van der Waals surface area contributed by atoms with Gasteiger partial charge in [0.2, 0.25) is 0 Å². The maximum atomic E-state index is 2.35. The molecule has 1 heteroatoms. The molecule has 0 saturated carbocycles. The Labute approximate surface area is 226 Å². The molecule has 0 spiro atoms. The molecule has 184 valence electrons. The van der Waals surface area contributed by atoms with Crippen LogP contribution in [0.1, 0.15) is 33.4 Å². The van der Waals surface area contributed by atoms with Crippen molar-refractivity contribution < 1.29 is 0 Å². The van der Waals surface area contributed by atoms with E-state index in [0.717, 1.165) is 23.5 Å². The molecule has 0 radical (unpaired) electrons. The Hall–Kier alpha value is -4.62. The van der Waals surface area contributed by atoms with Crippen molar-refractivity contribution >= 4 is 34.8 Å². The molecule has 1 nitrogen and oxygen atoms in total. The van der Waals surface area contributed by atoms with Gasteiger partial charge in [-0.2, -0.15) is 0 Å². The molecule has 5 aromatic rings. The minimum atomic E-state index is 0.954. The van der Waals surface area contributed by atoms with E-state index in [9.17, 15) is 0 Å². The smallest absolute Gasteiger partial charge is 0.0462 e. The number of fused-ring (bicyclic) bond motifs is 1. The van der Waals surface area contributed by atoms with E-state index >= 15 is 0 Å². The van der Waals surface area contributed by atoms with Crippen LogP contribution < -0.4 is 4.90 Å². The van der Waals surface area contributed by atoms with Crippen LogP contribution in [0, 0.1) is 13.8 Å². The van der Waals surface area contributed by atoms with Crippen LogP contribution in [-0.4, -0.2) is 0 Å². The summed E-state index contributed by atoms with van der Waals surface area (Å²) in [5.41, 5.74) is 13.8. The lowest BCUT2D eigenvalue weighted by atomic mass is 10.00. The first-order valence-electron chi connectivity index (χ1n) is 13.2. The second-order valence-corrected chi connectivity index (χ2v) is 10.1. The van der Waals surface area contributed by atoms with Crippen LogP contribution in [0.4, 0.5) is 17.1 Å². The number of benzene rings is 5. The summed E-state index contributed by atoms with van der Waals surface area (Å²) in [5.74, 6) is 0. The summed E-state index contributed by atoms with van der Waals surface area (Å²) >= 11 is 0. The molecule has 0 fully saturated rings. The predicted molar refractivity (Wildman–Crippen MR) is 163 cm³/mol. The highest BCUT2D eigenvalue weighted by Crippen LogP contribution is 2.40. The number of hydrogen-bond acceptors (Lipinski definition) is 1. The first-order chi connectivity index (χ1) is 18.6. The van der Waals surface area contributed by atoms with Crippen LogP contribution in [0.25, 0.3) is 17.7 Å². The molecule has 0 bridgehead atoms. The van der Waals surface area contributed by atoms with Gasteiger partial charge in [0, 0.05) is 17.1 Å². The SMILES string of the molecule is Cc1ccc(N(c2ccc(C)cc2)c2ccc(C=C3Cc4ccccc4C3=Cc3ccccc3)cc2)cc1. The molecule has 0 N–H and O–H groups in total. The highest BCUT2D eigenvalue weighted by Gasteiger charge is 2.21. The summed E-state index contributed by atoms with van der Waals surface area (Å²) in [6.45, 7) is 4.26. The summed E-state index contributed by atoms with van der Waals surface area (Å²) in [7, 11) is 0. The van der Waals surface area contributed by atoms with Crippen molar-refractivity contribution in [3.8, 4) is 0 Å². The standard InChI is InChI=1S/C37H31N/c1-27-12-18-33(19-13-27)38(34-20-14-28(2)15-21-34)35-22-16-30(17-23-35)24-32-26-31-10-6-7-11-36(31)37(32)25-29-8-4-3-5-9-29/h3-25H,26H2,1-2H3. The molecule has 0 unspecified atom stereocenters. The molecule has 0 amide bonds. The molecule has 38 heavy (non-hydrogen) atoms. The van der Waals surface area contributed by atoms with Gasteiger partial charge in [0.25, 0.3) is 0 Å². The summed E-state index contributed by atoms with van der Waals surface area (Å²) < 4.78 is 0. The Balaban J connectivity index is 1.37. The molecule has 0 saturated heterocycles. The zero-order chi connectivity index (χ0) is 25.9.